The van der Waals surface area contributed by atoms with Crippen molar-refractivity contribution in [1.82, 2.24) is 4.90 Å². The van der Waals surface area contributed by atoms with E-state index in [1.165, 1.54) is 4.90 Å². The number of amides is 1. The highest BCUT2D eigenvalue weighted by Crippen LogP contribution is 2.45. The van der Waals surface area contributed by atoms with Gasteiger partial charge in [-0.25, -0.2) is 0 Å². The van der Waals surface area contributed by atoms with Crippen molar-refractivity contribution < 1.29 is 14.3 Å². The molecule has 1 atom stereocenters. The molecule has 1 saturated heterocycles. The van der Waals surface area contributed by atoms with Crippen molar-refractivity contribution in [1.29, 1.82) is 0 Å². The standard InChI is InChI=1S/C12H11NO3/c1-13-11(15)8-4-2-3-5-9(8)12(13)7-6-10(14)16-12/h2-5H,6-7H2,1H3. The largest absolute Gasteiger partial charge is 0.434 e. The Morgan fingerprint density at radius 2 is 2.06 bits per heavy atom. The van der Waals surface area contributed by atoms with E-state index >= 15 is 0 Å². The summed E-state index contributed by atoms with van der Waals surface area (Å²) in [7, 11) is 1.68. The summed E-state index contributed by atoms with van der Waals surface area (Å²) in [5.41, 5.74) is 0.609. The molecular weight excluding hydrogens is 206 g/mol. The van der Waals surface area contributed by atoms with E-state index in [1.54, 1.807) is 13.1 Å². The summed E-state index contributed by atoms with van der Waals surface area (Å²) in [5.74, 6) is -0.318. The summed E-state index contributed by atoms with van der Waals surface area (Å²) in [6.45, 7) is 0. The van der Waals surface area contributed by atoms with Crippen LogP contribution in [0.25, 0.3) is 0 Å². The maximum absolute atomic E-state index is 12.0. The van der Waals surface area contributed by atoms with Crippen LogP contribution in [0.1, 0.15) is 28.8 Å². The van der Waals surface area contributed by atoms with E-state index in [1.807, 2.05) is 18.2 Å². The van der Waals surface area contributed by atoms with Crippen LogP contribution in [0, 0.1) is 0 Å². The predicted octanol–water partition coefficient (Wildman–Crippen LogP) is 1.26. The zero-order valence-corrected chi connectivity index (χ0v) is 8.90. The van der Waals surface area contributed by atoms with Crippen LogP contribution in [0.4, 0.5) is 0 Å². The quantitative estimate of drug-likeness (QED) is 0.615. The maximum atomic E-state index is 12.0. The van der Waals surface area contributed by atoms with Crippen molar-refractivity contribution in [2.45, 2.75) is 18.6 Å². The first-order valence-corrected chi connectivity index (χ1v) is 5.25. The number of nitrogens with zero attached hydrogens (tertiary/aromatic N) is 1. The van der Waals surface area contributed by atoms with Gasteiger partial charge in [0.25, 0.3) is 5.91 Å². The lowest BCUT2D eigenvalue weighted by Gasteiger charge is -2.30. The molecule has 4 nitrogen and oxygen atoms in total. The third-order valence-corrected chi connectivity index (χ3v) is 3.38. The highest BCUT2D eigenvalue weighted by atomic mass is 16.6. The fourth-order valence-corrected chi connectivity index (χ4v) is 2.52. The van der Waals surface area contributed by atoms with Crippen molar-refractivity contribution >= 4 is 11.9 Å². The van der Waals surface area contributed by atoms with Gasteiger partial charge in [-0.2, -0.15) is 0 Å². The average Bonchev–Trinajstić information content (AvgIpc) is 2.78. The second-order valence-corrected chi connectivity index (χ2v) is 4.17. The van der Waals surface area contributed by atoms with Crippen LogP contribution in [0.15, 0.2) is 24.3 Å². The molecule has 0 bridgehead atoms. The van der Waals surface area contributed by atoms with Crippen LogP contribution in [-0.2, 0) is 15.3 Å². The van der Waals surface area contributed by atoms with Crippen LogP contribution in [0.5, 0.6) is 0 Å². The predicted molar refractivity (Wildman–Crippen MR) is 55.5 cm³/mol. The molecule has 2 aliphatic rings. The van der Waals surface area contributed by atoms with Gasteiger partial charge in [0, 0.05) is 24.6 Å². The molecule has 16 heavy (non-hydrogen) atoms. The molecule has 1 spiro atoms. The number of ether oxygens (including phenoxy) is 1. The Morgan fingerprint density at radius 1 is 1.31 bits per heavy atom. The highest BCUT2D eigenvalue weighted by Gasteiger charge is 2.53. The Labute approximate surface area is 92.8 Å². The van der Waals surface area contributed by atoms with E-state index in [4.69, 9.17) is 4.74 Å². The Bertz CT molecular complexity index is 497. The number of carbonyl (C=O) groups is 2. The van der Waals surface area contributed by atoms with E-state index in [9.17, 15) is 9.59 Å². The Kier molecular flexibility index (Phi) is 1.67. The van der Waals surface area contributed by atoms with Crippen LogP contribution < -0.4 is 0 Å². The first-order valence-electron chi connectivity index (χ1n) is 5.25. The summed E-state index contributed by atoms with van der Waals surface area (Å²) in [6, 6.07) is 7.31. The molecule has 1 aromatic rings. The molecule has 0 N–H and O–H groups in total. The minimum absolute atomic E-state index is 0.0784. The van der Waals surface area contributed by atoms with Crippen molar-refractivity contribution in [3.8, 4) is 0 Å². The molecular formula is C12H11NO3. The van der Waals surface area contributed by atoms with Gasteiger partial charge in [0.05, 0.1) is 6.42 Å². The van der Waals surface area contributed by atoms with Crippen LogP contribution in [0.2, 0.25) is 0 Å². The van der Waals surface area contributed by atoms with Gasteiger partial charge in [0.15, 0.2) is 0 Å². The number of benzene rings is 1. The molecule has 2 heterocycles. The zero-order chi connectivity index (χ0) is 11.3. The van der Waals surface area contributed by atoms with Crippen LogP contribution in [0.3, 0.4) is 0 Å². The topological polar surface area (TPSA) is 46.6 Å². The van der Waals surface area contributed by atoms with Crippen LogP contribution in [-0.4, -0.2) is 23.8 Å². The van der Waals surface area contributed by atoms with Gasteiger partial charge in [0.2, 0.25) is 5.72 Å². The Balaban J connectivity index is 2.21. The number of fused-ring (bicyclic) bond motifs is 2. The van der Waals surface area contributed by atoms with Crippen molar-refractivity contribution in [2.24, 2.45) is 0 Å². The van der Waals surface area contributed by atoms with Gasteiger partial charge in [-0.1, -0.05) is 18.2 Å². The monoisotopic (exact) mass is 217 g/mol. The third kappa shape index (κ3) is 0.939. The van der Waals surface area contributed by atoms with E-state index in [-0.39, 0.29) is 11.9 Å². The molecule has 1 fully saturated rings. The smallest absolute Gasteiger partial charge is 0.308 e. The molecule has 1 unspecified atom stereocenters. The fourth-order valence-electron chi connectivity index (χ4n) is 2.52. The molecule has 1 amide bonds. The first-order chi connectivity index (χ1) is 7.65. The number of carbonyl (C=O) groups excluding carboxylic acids is 2. The van der Waals surface area contributed by atoms with Gasteiger partial charge in [-0.3, -0.25) is 14.5 Å². The van der Waals surface area contributed by atoms with Crippen molar-refractivity contribution in [3.63, 3.8) is 0 Å². The van der Waals surface area contributed by atoms with Gasteiger partial charge in [-0.05, 0) is 6.07 Å². The molecule has 1 aromatic carbocycles. The van der Waals surface area contributed by atoms with Gasteiger partial charge >= 0.3 is 5.97 Å². The third-order valence-electron chi connectivity index (χ3n) is 3.38. The Morgan fingerprint density at radius 3 is 2.75 bits per heavy atom. The summed E-state index contributed by atoms with van der Waals surface area (Å²) in [6.07, 6.45) is 0.914. The number of esters is 1. The summed E-state index contributed by atoms with van der Waals surface area (Å²) >= 11 is 0. The molecule has 4 heteroatoms. The molecule has 0 aromatic heterocycles. The van der Waals surface area contributed by atoms with Gasteiger partial charge in [0.1, 0.15) is 0 Å². The second-order valence-electron chi connectivity index (χ2n) is 4.17. The first kappa shape index (κ1) is 9.39. The van der Waals surface area contributed by atoms with Gasteiger partial charge < -0.3 is 4.74 Å². The fraction of sp³-hybridized carbons (Fsp3) is 0.333. The normalized spacial score (nSPS) is 27.4. The van der Waals surface area contributed by atoms with E-state index in [0.29, 0.717) is 18.4 Å². The zero-order valence-electron chi connectivity index (χ0n) is 8.90. The average molecular weight is 217 g/mol. The molecule has 82 valence electrons. The summed E-state index contributed by atoms with van der Waals surface area (Å²) in [4.78, 5) is 24.8. The highest BCUT2D eigenvalue weighted by molar-refractivity contribution is 6.00. The minimum Gasteiger partial charge on any atom is -0.434 e. The summed E-state index contributed by atoms with van der Waals surface area (Å²) in [5, 5.41) is 0. The Hall–Kier alpha value is -1.84. The lowest BCUT2D eigenvalue weighted by atomic mass is 9.99. The number of hydrogen-bond donors (Lipinski definition) is 0. The maximum Gasteiger partial charge on any atom is 0.308 e. The van der Waals surface area contributed by atoms with Crippen LogP contribution >= 0.6 is 0 Å². The number of hydrogen-bond acceptors (Lipinski definition) is 3. The van der Waals surface area contributed by atoms with Gasteiger partial charge in [-0.15, -0.1) is 0 Å². The molecule has 0 aliphatic carbocycles. The van der Waals surface area contributed by atoms with Crippen molar-refractivity contribution in [2.75, 3.05) is 7.05 Å². The lowest BCUT2D eigenvalue weighted by molar-refractivity contribution is -0.160. The van der Waals surface area contributed by atoms with E-state index in [2.05, 4.69) is 0 Å². The summed E-state index contributed by atoms with van der Waals surface area (Å²) < 4.78 is 5.39. The van der Waals surface area contributed by atoms with E-state index < -0.39 is 5.72 Å². The molecule has 3 rings (SSSR count). The number of rotatable bonds is 0. The second kappa shape index (κ2) is 2.84. The molecule has 2 aliphatic heterocycles. The van der Waals surface area contributed by atoms with Crippen molar-refractivity contribution in [3.05, 3.63) is 35.4 Å². The lowest BCUT2D eigenvalue weighted by Crippen LogP contribution is -2.40. The minimum atomic E-state index is -0.843. The molecule has 0 saturated carbocycles. The SMILES string of the molecule is CN1C(=O)c2ccccc2C12CCC(=O)O2. The van der Waals surface area contributed by atoms with E-state index in [0.717, 1.165) is 5.56 Å². The molecule has 0 radical (unpaired) electrons.